The van der Waals surface area contributed by atoms with Gasteiger partial charge in [-0.05, 0) is 92.6 Å². The van der Waals surface area contributed by atoms with Crippen molar-refractivity contribution in [1.29, 1.82) is 0 Å². The van der Waals surface area contributed by atoms with Crippen molar-refractivity contribution in [1.82, 2.24) is 19.7 Å². The molecule has 1 aromatic heterocycles. The monoisotopic (exact) mass is 657 g/mol. The minimum absolute atomic E-state index is 0.0187. The van der Waals surface area contributed by atoms with Crippen LogP contribution in [0.5, 0.6) is 0 Å². The normalized spacial score (nSPS) is 24.7. The average Bonchev–Trinajstić information content (AvgIpc) is 3.59. The van der Waals surface area contributed by atoms with Crippen LogP contribution in [0, 0.1) is 17.8 Å². The maximum absolute atomic E-state index is 13.2. The van der Waals surface area contributed by atoms with E-state index >= 15 is 0 Å². The van der Waals surface area contributed by atoms with E-state index in [1.807, 2.05) is 24.1 Å². The molecule has 4 fully saturated rings. The zero-order chi connectivity index (χ0) is 32.6. The van der Waals surface area contributed by atoms with Gasteiger partial charge in [-0.1, -0.05) is 43.7 Å². The van der Waals surface area contributed by atoms with Crippen molar-refractivity contribution in [2.75, 3.05) is 58.1 Å². The number of amides is 2. The highest BCUT2D eigenvalue weighted by Gasteiger charge is 2.51. The highest BCUT2D eigenvalue weighted by Crippen LogP contribution is 2.51. The third-order valence-electron chi connectivity index (χ3n) is 11.5. The molecule has 250 valence electrons. The zero-order valence-electron chi connectivity index (χ0n) is 27.6. The lowest BCUT2D eigenvalue weighted by molar-refractivity contribution is -0.0699. The summed E-state index contributed by atoms with van der Waals surface area (Å²) < 4.78 is 31.7. The van der Waals surface area contributed by atoms with Gasteiger partial charge in [-0.3, -0.25) is 9.88 Å². The van der Waals surface area contributed by atoms with E-state index in [4.69, 9.17) is 4.74 Å². The van der Waals surface area contributed by atoms with Gasteiger partial charge in [-0.15, -0.1) is 0 Å². The number of hydrogen-bond acceptors (Lipinski definition) is 7. The van der Waals surface area contributed by atoms with Crippen molar-refractivity contribution in [2.24, 2.45) is 17.8 Å². The zero-order valence-corrected chi connectivity index (χ0v) is 28.4. The highest BCUT2D eigenvalue weighted by atomic mass is 32.2. The van der Waals surface area contributed by atoms with Crippen molar-refractivity contribution in [2.45, 2.75) is 60.3 Å². The van der Waals surface area contributed by atoms with E-state index in [9.17, 15) is 13.2 Å². The van der Waals surface area contributed by atoms with Crippen molar-refractivity contribution in [3.63, 3.8) is 0 Å². The molecule has 4 aliphatic rings. The number of anilines is 1. The fourth-order valence-corrected chi connectivity index (χ4v) is 10.1. The summed E-state index contributed by atoms with van der Waals surface area (Å²) in [6.07, 6.45) is 8.64. The third kappa shape index (κ3) is 6.16. The first-order valence-electron chi connectivity index (χ1n) is 17.1. The van der Waals surface area contributed by atoms with Crippen LogP contribution in [-0.4, -0.2) is 93.4 Å². The molecule has 0 radical (unpaired) electrons. The molecule has 47 heavy (non-hydrogen) atoms. The Balaban J connectivity index is 0.969. The molecule has 9 nitrogen and oxygen atoms in total. The lowest BCUT2D eigenvalue weighted by Crippen LogP contribution is -2.58. The first kappa shape index (κ1) is 32.1. The summed E-state index contributed by atoms with van der Waals surface area (Å²) in [6, 6.07) is 21.7. The fraction of sp³-hybridized carbons (Fsp3) is 0.514. The smallest absolute Gasteiger partial charge is 0.323 e. The van der Waals surface area contributed by atoms with Crippen molar-refractivity contribution < 1.29 is 17.9 Å². The van der Waals surface area contributed by atoms with E-state index in [0.29, 0.717) is 36.1 Å². The number of nitrogens with zero attached hydrogens (tertiary/aromatic N) is 5. The lowest BCUT2D eigenvalue weighted by Gasteiger charge is -2.51. The molecule has 3 atom stereocenters. The topological polar surface area (TPSA) is 86.3 Å². The Labute approximate surface area is 279 Å². The molecular formula is C37H47N5O4S. The van der Waals surface area contributed by atoms with Crippen LogP contribution >= 0.6 is 0 Å². The predicted octanol–water partition coefficient (Wildman–Crippen LogP) is 5.49. The Morgan fingerprint density at radius 1 is 0.872 bits per heavy atom. The highest BCUT2D eigenvalue weighted by molar-refractivity contribution is 7.91. The van der Waals surface area contributed by atoms with E-state index in [2.05, 4.69) is 52.0 Å². The Kier molecular flexibility index (Phi) is 9.02. The SMILES string of the molecule is CN1COCN([C@H]2CCC[C@@H]2C(C)(c2ccccc2)C2CCN(CC3CN(c4ccc(S(=O)(=O)c5ccncc5)cc4)C3)CC2)C1=O. The van der Waals surface area contributed by atoms with Gasteiger partial charge >= 0.3 is 6.03 Å². The summed E-state index contributed by atoms with van der Waals surface area (Å²) in [5.74, 6) is 1.55. The summed E-state index contributed by atoms with van der Waals surface area (Å²) >= 11 is 0. The van der Waals surface area contributed by atoms with Gasteiger partial charge in [0, 0.05) is 62.1 Å². The Bertz CT molecular complexity index is 1630. The maximum atomic E-state index is 13.2. The van der Waals surface area contributed by atoms with Gasteiger partial charge in [-0.25, -0.2) is 13.2 Å². The molecule has 0 spiro atoms. The standard InChI is InChI=1S/C37H47N5O4S/c1-37(29-7-4-3-5-8-29,34-9-6-10-35(34)42-27-46-26-39(2)36(42)43)30-17-21-40(22-18-30)23-28-24-41(25-28)31-11-13-32(14-12-31)47(44,45)33-15-19-38-20-16-33/h3-5,7-8,11-16,19-20,28,30,34-35H,6,9-10,17-18,21-27H2,1-2H3/t34-,35-,37?/m0/s1. The maximum Gasteiger partial charge on any atom is 0.323 e. The molecule has 2 aromatic carbocycles. The Morgan fingerprint density at radius 2 is 1.55 bits per heavy atom. The largest absolute Gasteiger partial charge is 0.371 e. The molecule has 4 heterocycles. The predicted molar refractivity (Wildman–Crippen MR) is 182 cm³/mol. The van der Waals surface area contributed by atoms with Gasteiger partial charge in [-0.2, -0.15) is 0 Å². The van der Waals surface area contributed by atoms with Crippen LogP contribution in [0.15, 0.2) is 88.9 Å². The molecule has 1 unspecified atom stereocenters. The van der Waals surface area contributed by atoms with E-state index in [0.717, 1.165) is 70.5 Å². The number of urea groups is 1. The van der Waals surface area contributed by atoms with Gasteiger partial charge in [0.15, 0.2) is 0 Å². The summed E-state index contributed by atoms with van der Waals surface area (Å²) in [5.41, 5.74) is 2.46. The second kappa shape index (κ2) is 13.2. The van der Waals surface area contributed by atoms with Crippen LogP contribution < -0.4 is 4.90 Å². The Morgan fingerprint density at radius 3 is 2.26 bits per heavy atom. The van der Waals surface area contributed by atoms with Gasteiger partial charge in [0.25, 0.3) is 0 Å². The molecule has 3 aliphatic heterocycles. The van der Waals surface area contributed by atoms with Gasteiger partial charge in [0.1, 0.15) is 13.5 Å². The van der Waals surface area contributed by atoms with Crippen molar-refractivity contribution in [3.05, 3.63) is 84.7 Å². The van der Waals surface area contributed by atoms with Crippen LogP contribution in [0.25, 0.3) is 0 Å². The molecule has 3 saturated heterocycles. The summed E-state index contributed by atoms with van der Waals surface area (Å²) in [7, 11) is -1.71. The number of ether oxygens (including phenoxy) is 1. The van der Waals surface area contributed by atoms with Crippen LogP contribution in [0.3, 0.4) is 0 Å². The third-order valence-corrected chi connectivity index (χ3v) is 13.3. The Hall–Kier alpha value is -3.47. The fourth-order valence-electron chi connectivity index (χ4n) is 8.87. The lowest BCUT2D eigenvalue weighted by atomic mass is 9.59. The number of hydrogen-bond donors (Lipinski definition) is 0. The van der Waals surface area contributed by atoms with Crippen molar-refractivity contribution in [3.8, 4) is 0 Å². The molecule has 10 heteroatoms. The van der Waals surface area contributed by atoms with Crippen LogP contribution in [0.4, 0.5) is 10.5 Å². The van der Waals surface area contributed by atoms with Crippen LogP contribution in [0.1, 0.15) is 44.6 Å². The summed E-state index contributed by atoms with van der Waals surface area (Å²) in [4.78, 5) is 26.4. The number of sulfone groups is 1. The van der Waals surface area contributed by atoms with Gasteiger partial charge in [0.2, 0.25) is 9.84 Å². The number of piperidine rings is 1. The van der Waals surface area contributed by atoms with Gasteiger partial charge in [0.05, 0.1) is 9.79 Å². The number of carbonyl (C=O) groups is 1. The minimum atomic E-state index is -3.54. The van der Waals surface area contributed by atoms with E-state index in [1.165, 1.54) is 30.1 Å². The molecule has 3 aromatic rings. The van der Waals surface area contributed by atoms with E-state index in [-0.39, 0.29) is 22.4 Å². The van der Waals surface area contributed by atoms with Crippen molar-refractivity contribution >= 4 is 21.6 Å². The second-order valence-electron chi connectivity index (χ2n) is 14.2. The quantitative estimate of drug-likeness (QED) is 0.301. The van der Waals surface area contributed by atoms with Crippen LogP contribution in [0.2, 0.25) is 0 Å². The number of likely N-dealkylation sites (tertiary alicyclic amines) is 1. The van der Waals surface area contributed by atoms with E-state index in [1.54, 1.807) is 17.0 Å². The first-order chi connectivity index (χ1) is 22.7. The molecule has 7 rings (SSSR count). The van der Waals surface area contributed by atoms with E-state index < -0.39 is 9.84 Å². The second-order valence-corrected chi connectivity index (χ2v) is 16.1. The molecule has 1 saturated carbocycles. The summed E-state index contributed by atoms with van der Waals surface area (Å²) in [5, 5.41) is 0. The minimum Gasteiger partial charge on any atom is -0.371 e. The number of pyridine rings is 1. The molecule has 1 aliphatic carbocycles. The van der Waals surface area contributed by atoms with Crippen LogP contribution in [-0.2, 0) is 20.0 Å². The first-order valence-corrected chi connectivity index (χ1v) is 18.6. The van der Waals surface area contributed by atoms with Gasteiger partial charge < -0.3 is 19.4 Å². The molecule has 0 bridgehead atoms. The molecular weight excluding hydrogens is 611 g/mol. The number of aromatic nitrogens is 1. The number of carbonyl (C=O) groups excluding carboxylic acids is 1. The number of benzene rings is 2. The number of rotatable bonds is 9. The average molecular weight is 658 g/mol. The molecule has 0 N–H and O–H groups in total. The molecule has 2 amide bonds. The summed E-state index contributed by atoms with van der Waals surface area (Å²) in [6.45, 7) is 8.50.